The number of ether oxygens (including phenoxy) is 1. The maximum atomic E-state index is 10.8. The summed E-state index contributed by atoms with van der Waals surface area (Å²) in [6.45, 7) is 2.78. The van der Waals surface area contributed by atoms with Gasteiger partial charge >= 0.3 is 5.97 Å². The molecule has 12 heavy (non-hydrogen) atoms. The van der Waals surface area contributed by atoms with E-state index in [2.05, 4.69) is 4.74 Å². The fourth-order valence-corrected chi connectivity index (χ4v) is 0.579. The van der Waals surface area contributed by atoms with Crippen molar-refractivity contribution in [3.8, 4) is 0 Å². The molecule has 0 aliphatic rings. The van der Waals surface area contributed by atoms with Gasteiger partial charge in [0.15, 0.2) is 11.2 Å². The summed E-state index contributed by atoms with van der Waals surface area (Å²) < 4.78 is 4.35. The summed E-state index contributed by atoms with van der Waals surface area (Å²) >= 11 is 5.30. The second-order valence-electron chi connectivity index (χ2n) is 2.06. The Labute approximate surface area is 74.8 Å². The molecule has 0 aromatic rings. The van der Waals surface area contributed by atoms with Crippen LogP contribution in [0.15, 0.2) is 0 Å². The minimum absolute atomic E-state index is 0.0894. The number of carbonyl (C=O) groups excluding carboxylic acids is 3. The van der Waals surface area contributed by atoms with E-state index in [1.807, 2.05) is 0 Å². The highest BCUT2D eigenvalue weighted by atomic mass is 35.5. The molecule has 5 heteroatoms. The van der Waals surface area contributed by atoms with Crippen LogP contribution >= 0.6 is 11.6 Å². The molecule has 0 fully saturated rings. The number of esters is 1. The van der Waals surface area contributed by atoms with E-state index in [1.165, 1.54) is 0 Å². The second kappa shape index (κ2) is 4.87. The molecule has 0 bridgehead atoms. The highest BCUT2D eigenvalue weighted by Gasteiger charge is 2.27. The monoisotopic (exact) mass is 192 g/mol. The van der Waals surface area contributed by atoms with Gasteiger partial charge in [-0.15, -0.1) is 11.6 Å². The van der Waals surface area contributed by atoms with Gasteiger partial charge in [0.1, 0.15) is 0 Å². The van der Waals surface area contributed by atoms with Gasteiger partial charge in [0.2, 0.25) is 0 Å². The third-order valence-corrected chi connectivity index (χ3v) is 1.57. The van der Waals surface area contributed by atoms with Gasteiger partial charge in [-0.25, -0.2) is 4.79 Å². The van der Waals surface area contributed by atoms with E-state index in [0.717, 1.165) is 6.92 Å². The van der Waals surface area contributed by atoms with E-state index in [4.69, 9.17) is 11.6 Å². The van der Waals surface area contributed by atoms with Crippen LogP contribution in [0.5, 0.6) is 0 Å². The maximum absolute atomic E-state index is 10.8. The summed E-state index contributed by atoms with van der Waals surface area (Å²) in [5.41, 5.74) is 0. The highest BCUT2D eigenvalue weighted by molar-refractivity contribution is 6.54. The summed E-state index contributed by atoms with van der Waals surface area (Å²) in [6, 6.07) is 0. The zero-order chi connectivity index (χ0) is 9.72. The highest BCUT2D eigenvalue weighted by Crippen LogP contribution is 2.00. The fraction of sp³-hybridized carbons (Fsp3) is 0.571. The number of carbonyl (C=O) groups is 3. The number of Topliss-reactive ketones (excluding diaryl/α,β-unsaturated/α-hetero) is 2. The Morgan fingerprint density at radius 3 is 2.25 bits per heavy atom. The van der Waals surface area contributed by atoms with Crippen LogP contribution < -0.4 is 0 Å². The number of hydrogen-bond acceptors (Lipinski definition) is 4. The zero-order valence-electron chi connectivity index (χ0n) is 6.80. The number of hydrogen-bond donors (Lipinski definition) is 0. The summed E-state index contributed by atoms with van der Waals surface area (Å²) in [7, 11) is 0. The van der Waals surface area contributed by atoms with Gasteiger partial charge in [-0.1, -0.05) is 0 Å². The summed E-state index contributed by atoms with van der Waals surface area (Å²) in [5, 5.41) is -1.41. The first-order valence-electron chi connectivity index (χ1n) is 3.36. The third kappa shape index (κ3) is 3.00. The number of ketones is 2. The number of halogens is 1. The molecule has 0 aliphatic carbocycles. The number of rotatable bonds is 4. The lowest BCUT2D eigenvalue weighted by atomic mass is 10.2. The van der Waals surface area contributed by atoms with Gasteiger partial charge < -0.3 is 4.74 Å². The van der Waals surface area contributed by atoms with Crippen LogP contribution in [0.25, 0.3) is 0 Å². The number of alkyl halides is 1. The summed E-state index contributed by atoms with van der Waals surface area (Å²) in [4.78, 5) is 32.1. The van der Waals surface area contributed by atoms with Gasteiger partial charge in [0.05, 0.1) is 6.61 Å². The third-order valence-electron chi connectivity index (χ3n) is 1.06. The van der Waals surface area contributed by atoms with Crippen LogP contribution in [0.3, 0.4) is 0 Å². The molecule has 0 heterocycles. The minimum Gasteiger partial charge on any atom is -0.460 e. The average Bonchev–Trinajstić information content (AvgIpc) is 2.02. The van der Waals surface area contributed by atoms with Gasteiger partial charge in [-0.3, -0.25) is 9.59 Å². The average molecular weight is 193 g/mol. The van der Waals surface area contributed by atoms with Crippen molar-refractivity contribution in [1.82, 2.24) is 0 Å². The van der Waals surface area contributed by atoms with Crippen molar-refractivity contribution in [3.05, 3.63) is 0 Å². The first-order chi connectivity index (χ1) is 5.50. The molecule has 0 spiro atoms. The Morgan fingerprint density at radius 1 is 1.42 bits per heavy atom. The lowest BCUT2D eigenvalue weighted by Gasteiger charge is -2.02. The van der Waals surface area contributed by atoms with E-state index in [-0.39, 0.29) is 6.61 Å². The zero-order valence-corrected chi connectivity index (χ0v) is 7.55. The van der Waals surface area contributed by atoms with Crippen molar-refractivity contribution >= 4 is 29.1 Å². The molecule has 0 radical (unpaired) electrons. The molecule has 0 N–H and O–H groups in total. The molecule has 0 saturated heterocycles. The Kier molecular flexibility index (Phi) is 4.51. The summed E-state index contributed by atoms with van der Waals surface area (Å²) in [6.07, 6.45) is 0. The first-order valence-corrected chi connectivity index (χ1v) is 3.79. The van der Waals surface area contributed by atoms with Crippen LogP contribution in [0, 0.1) is 0 Å². The Hall–Kier alpha value is -0.900. The standard InChI is InChI=1S/C7H9ClO4/c1-3-12-7(11)6(10)5(8)4(2)9/h5H,3H2,1-2H3/t5-/m1/s1. The van der Waals surface area contributed by atoms with Gasteiger partial charge in [-0.05, 0) is 13.8 Å². The summed E-state index contributed by atoms with van der Waals surface area (Å²) in [5.74, 6) is -2.63. The van der Waals surface area contributed by atoms with Crippen LogP contribution in [0.4, 0.5) is 0 Å². The lowest BCUT2D eigenvalue weighted by molar-refractivity contribution is -0.154. The molecule has 0 amide bonds. The van der Waals surface area contributed by atoms with Crippen molar-refractivity contribution in [2.45, 2.75) is 19.2 Å². The van der Waals surface area contributed by atoms with Crippen LogP contribution in [0.2, 0.25) is 0 Å². The maximum Gasteiger partial charge on any atom is 0.376 e. The predicted molar refractivity (Wildman–Crippen MR) is 42.0 cm³/mol. The van der Waals surface area contributed by atoms with Crippen molar-refractivity contribution in [3.63, 3.8) is 0 Å². The predicted octanol–water partition coefficient (Wildman–Crippen LogP) is 0.315. The van der Waals surface area contributed by atoms with Crippen molar-refractivity contribution in [2.75, 3.05) is 6.61 Å². The SMILES string of the molecule is CCOC(=O)C(=O)[C@H](Cl)C(C)=O. The fourth-order valence-electron chi connectivity index (χ4n) is 0.490. The molecule has 0 unspecified atom stereocenters. The smallest absolute Gasteiger partial charge is 0.376 e. The lowest BCUT2D eigenvalue weighted by Crippen LogP contribution is -2.31. The van der Waals surface area contributed by atoms with Crippen molar-refractivity contribution in [2.24, 2.45) is 0 Å². The molecule has 0 rings (SSSR count). The van der Waals surface area contributed by atoms with Crippen LogP contribution in [-0.4, -0.2) is 29.5 Å². The van der Waals surface area contributed by atoms with Gasteiger partial charge in [-0.2, -0.15) is 0 Å². The molecule has 4 nitrogen and oxygen atoms in total. The van der Waals surface area contributed by atoms with E-state index in [1.54, 1.807) is 6.92 Å². The molecule has 0 aromatic heterocycles. The van der Waals surface area contributed by atoms with Crippen molar-refractivity contribution in [1.29, 1.82) is 0 Å². The van der Waals surface area contributed by atoms with Gasteiger partial charge in [0.25, 0.3) is 5.78 Å². The molecule has 0 aromatic carbocycles. The van der Waals surface area contributed by atoms with Crippen molar-refractivity contribution < 1.29 is 19.1 Å². The van der Waals surface area contributed by atoms with Crippen LogP contribution in [0.1, 0.15) is 13.8 Å². The molecular formula is C7H9ClO4. The molecule has 0 saturated carbocycles. The molecular weight excluding hydrogens is 184 g/mol. The molecule has 68 valence electrons. The molecule has 1 atom stereocenters. The topological polar surface area (TPSA) is 60.4 Å². The van der Waals surface area contributed by atoms with Gasteiger partial charge in [0, 0.05) is 0 Å². The van der Waals surface area contributed by atoms with Crippen LogP contribution in [-0.2, 0) is 19.1 Å². The second-order valence-corrected chi connectivity index (χ2v) is 2.49. The normalized spacial score (nSPS) is 11.9. The van der Waals surface area contributed by atoms with E-state index in [9.17, 15) is 14.4 Å². The quantitative estimate of drug-likeness (QED) is 0.279. The first kappa shape index (κ1) is 11.1. The molecule has 0 aliphatic heterocycles. The van der Waals surface area contributed by atoms with E-state index in [0.29, 0.717) is 0 Å². The minimum atomic E-state index is -1.41. The van der Waals surface area contributed by atoms with E-state index >= 15 is 0 Å². The largest absolute Gasteiger partial charge is 0.460 e. The van der Waals surface area contributed by atoms with E-state index < -0.39 is 22.9 Å². The Balaban J connectivity index is 4.19. The Bertz CT molecular complexity index is 211. The Morgan fingerprint density at radius 2 is 1.92 bits per heavy atom.